The Morgan fingerprint density at radius 1 is 0.902 bits per heavy atom. The smallest absolute Gasteiger partial charge is 0.407 e. The fraction of sp³-hybridized carbons (Fsp3) is 0.447. The molecule has 0 bridgehead atoms. The SMILES string of the molecule is CCCN(CCc1csc(C(C)C)n1)C(=O)NC(C)C(=O)N[C@@H](Cc1ccccc1)C[C@H](O)[C@H](Cc1ccccc1)NC(=O)OCc1cncs1. The average molecular weight is 735 g/mol. The number of hydrogen-bond donors (Lipinski definition) is 4. The van der Waals surface area contributed by atoms with Crippen LogP contribution in [-0.2, 0) is 35.4 Å². The fourth-order valence-corrected chi connectivity index (χ4v) is 6.92. The summed E-state index contributed by atoms with van der Waals surface area (Å²) >= 11 is 3.02. The Bertz CT molecular complexity index is 1620. The van der Waals surface area contributed by atoms with Gasteiger partial charge in [-0.05, 0) is 43.7 Å². The Balaban J connectivity index is 1.41. The number of hydrogen-bond acceptors (Lipinski definition) is 9. The maximum atomic E-state index is 13.6. The topological polar surface area (TPSA) is 146 Å². The van der Waals surface area contributed by atoms with Gasteiger partial charge < -0.3 is 30.7 Å². The number of carbonyl (C=O) groups excluding carboxylic acids is 3. The van der Waals surface area contributed by atoms with Crippen LogP contribution in [0.25, 0.3) is 0 Å². The number of aromatic nitrogens is 2. The summed E-state index contributed by atoms with van der Waals surface area (Å²) in [5.74, 6) is -0.0162. The first-order valence-corrected chi connectivity index (χ1v) is 19.2. The highest BCUT2D eigenvalue weighted by molar-refractivity contribution is 7.09. The summed E-state index contributed by atoms with van der Waals surface area (Å²) in [6.45, 7) is 8.99. The molecule has 0 fully saturated rings. The summed E-state index contributed by atoms with van der Waals surface area (Å²) in [6, 6.07) is 16.9. The van der Waals surface area contributed by atoms with Gasteiger partial charge >= 0.3 is 12.1 Å². The molecule has 0 aliphatic rings. The van der Waals surface area contributed by atoms with Crippen LogP contribution in [0.3, 0.4) is 0 Å². The number of benzene rings is 2. The molecule has 2 heterocycles. The number of aliphatic hydroxyl groups is 1. The minimum atomic E-state index is -1.04. The lowest BCUT2D eigenvalue weighted by atomic mass is 9.93. The summed E-state index contributed by atoms with van der Waals surface area (Å²) in [5, 5.41) is 23.5. The Kier molecular flexibility index (Phi) is 15.9. The van der Waals surface area contributed by atoms with Crippen molar-refractivity contribution in [2.45, 2.75) is 96.6 Å². The van der Waals surface area contributed by atoms with E-state index < -0.39 is 30.3 Å². The van der Waals surface area contributed by atoms with Gasteiger partial charge in [0.05, 0.1) is 33.2 Å². The van der Waals surface area contributed by atoms with Crippen molar-refractivity contribution >= 4 is 40.7 Å². The number of aliphatic hydroxyl groups excluding tert-OH is 1. The number of alkyl carbamates (subject to hydrolysis) is 1. The molecule has 51 heavy (non-hydrogen) atoms. The van der Waals surface area contributed by atoms with E-state index in [0.717, 1.165) is 33.1 Å². The van der Waals surface area contributed by atoms with Gasteiger partial charge in [-0.3, -0.25) is 9.78 Å². The second kappa shape index (κ2) is 20.5. The van der Waals surface area contributed by atoms with Crippen LogP contribution in [0.5, 0.6) is 0 Å². The molecule has 4 N–H and O–H groups in total. The van der Waals surface area contributed by atoms with Crippen molar-refractivity contribution in [3.63, 3.8) is 0 Å². The molecule has 0 radical (unpaired) electrons. The molecule has 0 saturated carbocycles. The van der Waals surface area contributed by atoms with Gasteiger partial charge in [-0.25, -0.2) is 14.6 Å². The summed E-state index contributed by atoms with van der Waals surface area (Å²) in [5.41, 5.74) is 4.52. The van der Waals surface area contributed by atoms with Crippen molar-refractivity contribution < 1.29 is 24.2 Å². The number of ether oxygens (including phenoxy) is 1. The lowest BCUT2D eigenvalue weighted by molar-refractivity contribution is -0.123. The molecule has 13 heteroatoms. The van der Waals surface area contributed by atoms with Crippen LogP contribution in [0.4, 0.5) is 9.59 Å². The Morgan fingerprint density at radius 2 is 1.59 bits per heavy atom. The predicted molar refractivity (Wildman–Crippen MR) is 202 cm³/mol. The quantitative estimate of drug-likeness (QED) is 0.0912. The molecule has 4 amide bonds. The van der Waals surface area contributed by atoms with E-state index in [1.807, 2.05) is 73.0 Å². The van der Waals surface area contributed by atoms with E-state index in [9.17, 15) is 19.5 Å². The molecule has 4 rings (SSSR count). The first-order chi connectivity index (χ1) is 24.6. The highest BCUT2D eigenvalue weighted by atomic mass is 32.1. The summed E-state index contributed by atoms with van der Waals surface area (Å²) in [4.78, 5) is 51.0. The molecule has 2 aromatic heterocycles. The highest BCUT2D eigenvalue weighted by Crippen LogP contribution is 2.20. The number of amides is 4. The van der Waals surface area contributed by atoms with Gasteiger partial charge in [0.2, 0.25) is 5.91 Å². The molecule has 11 nitrogen and oxygen atoms in total. The zero-order valence-corrected chi connectivity index (χ0v) is 31.4. The second-order valence-corrected chi connectivity index (χ2v) is 14.8. The standard InChI is InChI=1S/C38H50N6O5S2/c1-5-17-44(18-16-30-24-50-36(42-30)26(2)3)37(47)40-27(4)35(46)41-31(19-28-12-8-6-9-13-28)21-34(45)33(20-29-14-10-7-11-15-29)43-38(48)49-23-32-22-39-25-51-32/h6-15,22,24-27,31,33-34,45H,5,16-21,23H2,1-4H3,(H,40,47)(H,41,46)(H,43,48)/t27?,31-,33-,34-/m0/s1. The van der Waals surface area contributed by atoms with E-state index >= 15 is 0 Å². The zero-order chi connectivity index (χ0) is 36.6. The molecule has 0 spiro atoms. The number of nitrogens with zero attached hydrogens (tertiary/aromatic N) is 3. The van der Waals surface area contributed by atoms with Gasteiger partial charge in [-0.2, -0.15) is 0 Å². The summed E-state index contributed by atoms with van der Waals surface area (Å²) in [7, 11) is 0. The number of carbonyl (C=O) groups is 3. The van der Waals surface area contributed by atoms with E-state index in [0.29, 0.717) is 38.3 Å². The minimum Gasteiger partial charge on any atom is -0.444 e. The first-order valence-electron chi connectivity index (χ1n) is 17.5. The third-order valence-corrected chi connectivity index (χ3v) is 10.3. The van der Waals surface area contributed by atoms with Gasteiger partial charge in [0, 0.05) is 43.0 Å². The fourth-order valence-electron chi connectivity index (χ4n) is 5.55. The molecule has 0 aliphatic heterocycles. The van der Waals surface area contributed by atoms with Crippen LogP contribution >= 0.6 is 22.7 Å². The lowest BCUT2D eigenvalue weighted by Crippen LogP contribution is -2.54. The third kappa shape index (κ3) is 13.4. The maximum Gasteiger partial charge on any atom is 0.407 e. The summed E-state index contributed by atoms with van der Waals surface area (Å²) < 4.78 is 5.42. The van der Waals surface area contributed by atoms with Crippen LogP contribution in [-0.4, -0.2) is 75.3 Å². The second-order valence-electron chi connectivity index (χ2n) is 12.9. The molecule has 4 atom stereocenters. The van der Waals surface area contributed by atoms with E-state index in [1.54, 1.807) is 34.9 Å². The average Bonchev–Trinajstić information content (AvgIpc) is 3.83. The molecular weight excluding hydrogens is 685 g/mol. The highest BCUT2D eigenvalue weighted by Gasteiger charge is 2.28. The van der Waals surface area contributed by atoms with Gasteiger partial charge in [-0.15, -0.1) is 22.7 Å². The molecule has 0 aliphatic carbocycles. The molecule has 2 aromatic carbocycles. The van der Waals surface area contributed by atoms with E-state index in [4.69, 9.17) is 9.72 Å². The van der Waals surface area contributed by atoms with Gasteiger partial charge in [0.1, 0.15) is 12.6 Å². The molecule has 4 aromatic rings. The minimum absolute atomic E-state index is 0.0700. The molecule has 0 saturated heterocycles. The zero-order valence-electron chi connectivity index (χ0n) is 29.8. The number of nitrogens with one attached hydrogen (secondary N) is 3. The van der Waals surface area contributed by atoms with Crippen molar-refractivity contribution in [2.75, 3.05) is 13.1 Å². The number of rotatable bonds is 19. The Morgan fingerprint density at radius 3 is 2.20 bits per heavy atom. The predicted octanol–water partition coefficient (Wildman–Crippen LogP) is 6.09. The van der Waals surface area contributed by atoms with Gasteiger partial charge in [-0.1, -0.05) is 81.4 Å². The third-order valence-electron chi connectivity index (χ3n) is 8.31. The maximum absolute atomic E-state index is 13.6. The van der Waals surface area contributed by atoms with Crippen molar-refractivity contribution in [3.05, 3.63) is 104 Å². The van der Waals surface area contributed by atoms with Crippen LogP contribution in [0.2, 0.25) is 0 Å². The Hall–Kier alpha value is -4.33. The lowest BCUT2D eigenvalue weighted by Gasteiger charge is -2.29. The number of thiazole rings is 2. The van der Waals surface area contributed by atoms with Crippen LogP contribution in [0.1, 0.15) is 73.2 Å². The first kappa shape index (κ1) is 39.5. The van der Waals surface area contributed by atoms with Crippen LogP contribution < -0.4 is 16.0 Å². The van der Waals surface area contributed by atoms with Gasteiger partial charge in [0.15, 0.2) is 0 Å². The van der Waals surface area contributed by atoms with Crippen LogP contribution in [0.15, 0.2) is 77.8 Å². The number of urea groups is 1. The van der Waals surface area contributed by atoms with Crippen molar-refractivity contribution in [2.24, 2.45) is 0 Å². The van der Waals surface area contributed by atoms with Crippen molar-refractivity contribution in [3.8, 4) is 0 Å². The van der Waals surface area contributed by atoms with Crippen LogP contribution in [0, 0.1) is 0 Å². The molecule has 1 unspecified atom stereocenters. The normalized spacial score (nSPS) is 13.5. The van der Waals surface area contributed by atoms with Crippen molar-refractivity contribution in [1.82, 2.24) is 30.8 Å². The van der Waals surface area contributed by atoms with E-state index in [1.165, 1.54) is 11.3 Å². The monoisotopic (exact) mass is 734 g/mol. The largest absolute Gasteiger partial charge is 0.444 e. The molecular formula is C38H50N6O5S2. The van der Waals surface area contributed by atoms with Gasteiger partial charge in [0.25, 0.3) is 0 Å². The van der Waals surface area contributed by atoms with E-state index in [-0.39, 0.29) is 25.0 Å². The van der Waals surface area contributed by atoms with E-state index in [2.05, 4.69) is 34.8 Å². The van der Waals surface area contributed by atoms with Crippen molar-refractivity contribution in [1.29, 1.82) is 0 Å². The molecule has 274 valence electrons. The Labute approximate surface area is 308 Å². The summed E-state index contributed by atoms with van der Waals surface area (Å²) in [6.07, 6.45) is 2.27.